The molecular weight excluding hydrogens is 727 g/mol. The van der Waals surface area contributed by atoms with Crippen LogP contribution in [0.4, 0.5) is 5.69 Å². The van der Waals surface area contributed by atoms with Crippen molar-refractivity contribution in [1.82, 2.24) is 30.7 Å². The Morgan fingerprint density at radius 3 is 2.00 bits per heavy atom. The number of anilines is 1. The molecule has 0 bridgehead atoms. The molecule has 1 aromatic rings. The number of carbonyl (C=O) groups excluding carboxylic acids is 5. The predicted octanol–water partition coefficient (Wildman–Crippen LogP) is 3.89. The average molecular weight is 802 g/mol. The van der Waals surface area contributed by atoms with Gasteiger partial charge in [-0.25, -0.2) is 0 Å². The summed E-state index contributed by atoms with van der Waals surface area (Å²) in [5.41, 5.74) is 1.94. The van der Waals surface area contributed by atoms with Crippen LogP contribution in [0.1, 0.15) is 93.6 Å². The van der Waals surface area contributed by atoms with E-state index in [4.69, 9.17) is 9.47 Å². The van der Waals surface area contributed by atoms with Crippen LogP contribution in [-0.4, -0.2) is 135 Å². The lowest BCUT2D eigenvalue weighted by atomic mass is 9.89. The van der Waals surface area contributed by atoms with Gasteiger partial charge in [0.1, 0.15) is 6.04 Å². The van der Waals surface area contributed by atoms with E-state index >= 15 is 0 Å². The maximum absolute atomic E-state index is 14.2. The van der Waals surface area contributed by atoms with E-state index in [2.05, 4.69) is 35.1 Å². The van der Waals surface area contributed by atoms with Crippen LogP contribution in [0.2, 0.25) is 0 Å². The quantitative estimate of drug-likeness (QED) is 0.129. The van der Waals surface area contributed by atoms with Gasteiger partial charge in [0, 0.05) is 46.1 Å². The number of rotatable bonds is 23. The summed E-state index contributed by atoms with van der Waals surface area (Å²) in [6.45, 7) is 18.4. The van der Waals surface area contributed by atoms with Gasteiger partial charge in [0.2, 0.25) is 29.5 Å². The Bertz CT molecular complexity index is 1430. The highest BCUT2D eigenvalue weighted by molar-refractivity contribution is 5.90. The predicted molar refractivity (Wildman–Crippen MR) is 225 cm³/mol. The number of methoxy groups -OCH3 is 2. The first kappa shape index (κ1) is 49.4. The lowest BCUT2D eigenvalue weighted by Gasteiger charge is -2.41. The highest BCUT2D eigenvalue weighted by Gasteiger charge is 2.43. The number of nitrogens with one attached hydrogen (secondary N) is 4. The van der Waals surface area contributed by atoms with Crippen LogP contribution in [-0.2, 0) is 40.0 Å². The number of nitrogens with zero attached hydrogens (tertiary/aromatic N) is 3. The minimum atomic E-state index is -0.767. The zero-order chi connectivity index (χ0) is 43.1. The van der Waals surface area contributed by atoms with Crippen LogP contribution in [0.5, 0.6) is 0 Å². The van der Waals surface area contributed by atoms with Crippen molar-refractivity contribution >= 4 is 35.2 Å². The van der Waals surface area contributed by atoms with E-state index in [0.717, 1.165) is 24.1 Å². The second kappa shape index (κ2) is 23.6. The molecule has 0 spiro atoms. The van der Waals surface area contributed by atoms with Crippen LogP contribution in [0.3, 0.4) is 0 Å². The Kier molecular flexibility index (Phi) is 20.5. The van der Waals surface area contributed by atoms with Crippen LogP contribution in [0.25, 0.3) is 0 Å². The van der Waals surface area contributed by atoms with Crippen molar-refractivity contribution in [2.45, 2.75) is 137 Å². The van der Waals surface area contributed by atoms with Crippen molar-refractivity contribution in [3.05, 3.63) is 29.8 Å². The van der Waals surface area contributed by atoms with Crippen molar-refractivity contribution < 1.29 is 33.4 Å². The van der Waals surface area contributed by atoms with Gasteiger partial charge in [-0.3, -0.25) is 28.9 Å². The number of amides is 5. The first-order chi connectivity index (χ1) is 26.8. The van der Waals surface area contributed by atoms with E-state index in [9.17, 15) is 24.0 Å². The van der Waals surface area contributed by atoms with Crippen LogP contribution in [0.15, 0.2) is 24.3 Å². The summed E-state index contributed by atoms with van der Waals surface area (Å²) in [7, 11) is 8.53. The Morgan fingerprint density at radius 1 is 0.860 bits per heavy atom. The molecule has 1 aliphatic rings. The van der Waals surface area contributed by atoms with Gasteiger partial charge < -0.3 is 40.5 Å². The third-order valence-corrected chi connectivity index (χ3v) is 11.3. The van der Waals surface area contributed by atoms with E-state index in [1.807, 2.05) is 84.8 Å². The van der Waals surface area contributed by atoms with Crippen LogP contribution in [0, 0.1) is 23.7 Å². The molecule has 324 valence electrons. The number of likely N-dealkylation sites (tertiary alicyclic amines) is 1. The lowest BCUT2D eigenvalue weighted by Crippen LogP contribution is -2.59. The van der Waals surface area contributed by atoms with E-state index in [-0.39, 0.29) is 66.3 Å². The van der Waals surface area contributed by atoms with Crippen molar-refractivity contribution in [3.63, 3.8) is 0 Å². The molecule has 57 heavy (non-hydrogen) atoms. The molecule has 14 nitrogen and oxygen atoms in total. The van der Waals surface area contributed by atoms with Gasteiger partial charge in [0.05, 0.1) is 49.2 Å². The number of likely N-dealkylation sites (N-methyl/N-ethyl adjacent to an activating group) is 2. The average Bonchev–Trinajstić information content (AvgIpc) is 3.64. The second-order valence-corrected chi connectivity index (χ2v) is 17.0. The highest BCUT2D eigenvalue weighted by atomic mass is 16.5. The van der Waals surface area contributed by atoms with Crippen molar-refractivity contribution in [3.8, 4) is 0 Å². The Balaban J connectivity index is 2.13. The van der Waals surface area contributed by atoms with Gasteiger partial charge in [-0.15, -0.1) is 0 Å². The number of ether oxygens (including phenoxy) is 2. The molecule has 1 aliphatic heterocycles. The maximum Gasteiger partial charge on any atom is 0.245 e. The standard InChI is InChI=1S/C43H75N7O7/c1-15-29(8)39(49(12)43(55)37(26(2)3)47-42(54)38(27(4)5)48(10)11)34(56-13)23-36(52)50-22-16-17-33(50)40(57-14)30(9)41(53)45-25-35(51)44-24-31-18-20-32(21-19-31)46-28(6)7/h18-21,26-30,33-34,37-40,46H,15-17,22-25H2,1-14H3,(H,44,51)(H,45,53)(H,47,54)/t29-,30+,33-,34+,37-,38-,39-,40+/m0/s1. The van der Waals surface area contributed by atoms with Crippen molar-refractivity contribution in [2.24, 2.45) is 23.7 Å². The fraction of sp³-hybridized carbons (Fsp3) is 0.744. The summed E-state index contributed by atoms with van der Waals surface area (Å²) in [6, 6.07) is 6.14. The van der Waals surface area contributed by atoms with E-state index in [1.165, 1.54) is 7.11 Å². The molecule has 5 amide bonds. The first-order valence-corrected chi connectivity index (χ1v) is 20.8. The lowest BCUT2D eigenvalue weighted by molar-refractivity contribution is -0.148. The molecule has 8 atom stereocenters. The topological polar surface area (TPSA) is 162 Å². The molecule has 0 aliphatic carbocycles. The second-order valence-electron chi connectivity index (χ2n) is 17.0. The van der Waals surface area contributed by atoms with E-state index in [0.29, 0.717) is 25.6 Å². The largest absolute Gasteiger partial charge is 0.383 e. The van der Waals surface area contributed by atoms with Crippen LogP contribution < -0.4 is 21.3 Å². The summed E-state index contributed by atoms with van der Waals surface area (Å²) in [5, 5.41) is 12.0. The molecule has 14 heteroatoms. The van der Waals surface area contributed by atoms with Gasteiger partial charge in [-0.1, -0.05) is 67.0 Å². The molecule has 2 rings (SSSR count). The number of hydrogen-bond donors (Lipinski definition) is 4. The molecule has 0 saturated carbocycles. The summed E-state index contributed by atoms with van der Waals surface area (Å²) in [5.74, 6) is -2.07. The SMILES string of the molecule is CC[C@H](C)[C@@H]([C@@H](CC(=O)N1CCC[C@H]1[C@H](OC)[C@@H](C)C(=O)NCC(=O)NCc1ccc(NC(C)C)cc1)OC)N(C)C(=O)[C@@H](NC(=O)[C@H](C(C)C)N(C)C)C(C)C. The number of carbonyl (C=O) groups is 5. The van der Waals surface area contributed by atoms with E-state index in [1.54, 1.807) is 30.9 Å². The Labute approximate surface area is 342 Å². The monoisotopic (exact) mass is 802 g/mol. The summed E-state index contributed by atoms with van der Waals surface area (Å²) >= 11 is 0. The molecule has 0 aromatic heterocycles. The summed E-state index contributed by atoms with van der Waals surface area (Å²) in [6.07, 6.45) is 0.900. The smallest absolute Gasteiger partial charge is 0.245 e. The molecule has 1 fully saturated rings. The molecule has 4 N–H and O–H groups in total. The summed E-state index contributed by atoms with van der Waals surface area (Å²) < 4.78 is 11.9. The van der Waals surface area contributed by atoms with E-state index < -0.39 is 36.3 Å². The maximum atomic E-state index is 14.2. The van der Waals surface area contributed by atoms with Gasteiger partial charge in [-0.05, 0) is 76.2 Å². The molecule has 1 heterocycles. The number of hydrogen-bond acceptors (Lipinski definition) is 9. The first-order valence-electron chi connectivity index (χ1n) is 20.8. The molecule has 1 aromatic carbocycles. The number of benzene rings is 1. The fourth-order valence-corrected chi connectivity index (χ4v) is 8.05. The Hall–Kier alpha value is -3.75. The third kappa shape index (κ3) is 14.2. The van der Waals surface area contributed by atoms with Gasteiger partial charge in [0.15, 0.2) is 0 Å². The van der Waals surface area contributed by atoms with Crippen molar-refractivity contribution in [1.29, 1.82) is 0 Å². The molecule has 0 radical (unpaired) electrons. The zero-order valence-corrected chi connectivity index (χ0v) is 37.3. The molecule has 0 unspecified atom stereocenters. The van der Waals surface area contributed by atoms with Crippen molar-refractivity contribution in [2.75, 3.05) is 53.8 Å². The zero-order valence-electron chi connectivity index (χ0n) is 37.3. The minimum absolute atomic E-state index is 0.0164. The molecule has 1 saturated heterocycles. The normalized spacial score (nSPS) is 18.1. The third-order valence-electron chi connectivity index (χ3n) is 11.3. The fourth-order valence-electron chi connectivity index (χ4n) is 8.05. The minimum Gasteiger partial charge on any atom is -0.383 e. The van der Waals surface area contributed by atoms with Gasteiger partial charge in [-0.2, -0.15) is 0 Å². The summed E-state index contributed by atoms with van der Waals surface area (Å²) in [4.78, 5) is 73.1. The van der Waals surface area contributed by atoms with Gasteiger partial charge in [0.25, 0.3) is 0 Å². The highest BCUT2D eigenvalue weighted by Crippen LogP contribution is 2.29. The molecular formula is C43H75N7O7. The Morgan fingerprint density at radius 2 is 1.49 bits per heavy atom. The van der Waals surface area contributed by atoms with Gasteiger partial charge >= 0.3 is 0 Å². The van der Waals surface area contributed by atoms with Crippen LogP contribution >= 0.6 is 0 Å².